The van der Waals surface area contributed by atoms with Crippen molar-refractivity contribution in [3.05, 3.63) is 62.6 Å². The molecular formula is C23H21Cl2NO2. The van der Waals surface area contributed by atoms with Crippen molar-refractivity contribution in [2.75, 3.05) is 0 Å². The van der Waals surface area contributed by atoms with Crippen LogP contribution in [0.4, 0.5) is 0 Å². The van der Waals surface area contributed by atoms with Crippen molar-refractivity contribution in [3.63, 3.8) is 0 Å². The van der Waals surface area contributed by atoms with E-state index in [9.17, 15) is 4.79 Å². The molecule has 0 spiro atoms. The van der Waals surface area contributed by atoms with E-state index >= 15 is 0 Å². The van der Waals surface area contributed by atoms with Gasteiger partial charge >= 0.3 is 0 Å². The Morgan fingerprint density at radius 1 is 1.21 bits per heavy atom. The summed E-state index contributed by atoms with van der Waals surface area (Å²) in [5.74, 6) is 1.01. The molecular weight excluding hydrogens is 393 g/mol. The van der Waals surface area contributed by atoms with E-state index in [-0.39, 0.29) is 17.4 Å². The molecule has 5 heteroatoms. The van der Waals surface area contributed by atoms with Crippen molar-refractivity contribution >= 4 is 29.0 Å². The van der Waals surface area contributed by atoms with E-state index in [1.54, 1.807) is 12.1 Å². The van der Waals surface area contributed by atoms with E-state index in [2.05, 4.69) is 13.0 Å². The van der Waals surface area contributed by atoms with Crippen LogP contribution in [0.15, 0.2) is 30.3 Å². The molecule has 0 radical (unpaired) electrons. The first-order chi connectivity index (χ1) is 13.4. The lowest BCUT2D eigenvalue weighted by molar-refractivity contribution is 0.0744. The summed E-state index contributed by atoms with van der Waals surface area (Å²) in [6.45, 7) is 2.35. The molecule has 2 aromatic rings. The second kappa shape index (κ2) is 7.43. The van der Waals surface area contributed by atoms with E-state index in [4.69, 9.17) is 33.2 Å². The van der Waals surface area contributed by atoms with Crippen molar-refractivity contribution in [2.45, 2.75) is 45.6 Å². The van der Waals surface area contributed by atoms with Gasteiger partial charge in [0, 0.05) is 11.0 Å². The normalized spacial score (nSPS) is 21.6. The third-order valence-electron chi connectivity index (χ3n) is 6.27. The number of rotatable bonds is 4. The highest BCUT2D eigenvalue weighted by molar-refractivity contribution is 6.45. The van der Waals surface area contributed by atoms with Crippen LogP contribution in [-0.2, 0) is 13.0 Å². The van der Waals surface area contributed by atoms with Gasteiger partial charge in [-0.15, -0.1) is 0 Å². The molecule has 1 fully saturated rings. The highest BCUT2D eigenvalue weighted by Crippen LogP contribution is 2.52. The topological polar surface area (TPSA) is 50.1 Å². The Bertz CT molecular complexity index is 989. The summed E-state index contributed by atoms with van der Waals surface area (Å²) in [4.78, 5) is 13.2. The number of benzene rings is 2. The summed E-state index contributed by atoms with van der Waals surface area (Å²) < 4.78 is 5.92. The molecule has 1 saturated carbocycles. The smallest absolute Gasteiger partial charge is 0.171 e. The lowest BCUT2D eigenvalue weighted by atomic mass is 9.73. The van der Waals surface area contributed by atoms with E-state index in [0.29, 0.717) is 34.2 Å². The summed E-state index contributed by atoms with van der Waals surface area (Å²) in [7, 11) is 0. The molecule has 0 bridgehead atoms. The van der Waals surface area contributed by atoms with Crippen LogP contribution in [0.2, 0.25) is 10.0 Å². The van der Waals surface area contributed by atoms with Gasteiger partial charge in [-0.1, -0.05) is 55.1 Å². The molecule has 0 saturated heterocycles. The van der Waals surface area contributed by atoms with Crippen molar-refractivity contribution in [3.8, 4) is 11.8 Å². The van der Waals surface area contributed by atoms with Gasteiger partial charge in [-0.05, 0) is 54.5 Å². The molecule has 2 aliphatic rings. The number of halogens is 2. The quantitative estimate of drug-likeness (QED) is 0.583. The number of nitrogens with zero attached hydrogens (tertiary/aromatic N) is 1. The lowest BCUT2D eigenvalue weighted by Gasteiger charge is -2.29. The summed E-state index contributed by atoms with van der Waals surface area (Å²) in [6, 6.07) is 11.2. The lowest BCUT2D eigenvalue weighted by Crippen LogP contribution is -2.32. The Labute approximate surface area is 175 Å². The zero-order valence-corrected chi connectivity index (χ0v) is 17.2. The Morgan fingerprint density at radius 2 is 1.96 bits per heavy atom. The van der Waals surface area contributed by atoms with Crippen LogP contribution in [0.5, 0.6) is 5.75 Å². The van der Waals surface area contributed by atoms with Gasteiger partial charge in [0.25, 0.3) is 0 Å². The van der Waals surface area contributed by atoms with Crippen LogP contribution in [0.3, 0.4) is 0 Å². The van der Waals surface area contributed by atoms with Gasteiger partial charge in [0.15, 0.2) is 5.78 Å². The average molecular weight is 414 g/mol. The van der Waals surface area contributed by atoms with Gasteiger partial charge in [-0.25, -0.2) is 0 Å². The average Bonchev–Trinajstić information content (AvgIpc) is 3.32. The number of hydrogen-bond acceptors (Lipinski definition) is 3. The first-order valence-electron chi connectivity index (χ1n) is 9.61. The maximum Gasteiger partial charge on any atom is 0.171 e. The molecule has 144 valence electrons. The molecule has 1 unspecified atom stereocenters. The Morgan fingerprint density at radius 3 is 2.68 bits per heavy atom. The van der Waals surface area contributed by atoms with Crippen molar-refractivity contribution < 1.29 is 9.53 Å². The fraction of sp³-hybridized carbons (Fsp3) is 0.391. The maximum absolute atomic E-state index is 13.2. The fourth-order valence-electron chi connectivity index (χ4n) is 4.69. The number of carbonyl (C=O) groups excluding carboxylic acids is 1. The minimum Gasteiger partial charge on any atom is -0.487 e. The fourth-order valence-corrected chi connectivity index (χ4v) is 5.19. The van der Waals surface area contributed by atoms with Crippen LogP contribution >= 0.6 is 23.2 Å². The van der Waals surface area contributed by atoms with Gasteiger partial charge in [-0.2, -0.15) is 5.26 Å². The van der Waals surface area contributed by atoms with Gasteiger partial charge < -0.3 is 4.74 Å². The van der Waals surface area contributed by atoms with Crippen LogP contribution < -0.4 is 4.74 Å². The van der Waals surface area contributed by atoms with Crippen LogP contribution in [-0.4, -0.2) is 5.78 Å². The van der Waals surface area contributed by atoms with Crippen LogP contribution in [0.1, 0.15) is 59.7 Å². The molecule has 0 aromatic heterocycles. The molecule has 4 rings (SSSR count). The standard InChI is InChI=1S/C23H21Cl2NO2/c1-23(17-7-2-3-8-17)11-16-10-18(20(24)21(25)19(16)22(23)27)28-13-15-6-4-5-14(9-15)12-26/h4-6,9-10,17H,2-3,7-8,11,13H2,1H3. The zero-order chi connectivity index (χ0) is 19.9. The minimum atomic E-state index is -0.397. The number of Topliss-reactive ketones (excluding diaryl/α,β-unsaturated/α-hetero) is 1. The third kappa shape index (κ3) is 3.19. The molecule has 0 amide bonds. The molecule has 2 aliphatic carbocycles. The molecule has 0 heterocycles. The number of nitriles is 1. The van der Waals surface area contributed by atoms with Crippen LogP contribution in [0.25, 0.3) is 0 Å². The largest absolute Gasteiger partial charge is 0.487 e. The summed E-state index contributed by atoms with van der Waals surface area (Å²) in [5.41, 5.74) is 2.55. The molecule has 0 aliphatic heterocycles. The highest BCUT2D eigenvalue weighted by Gasteiger charge is 2.49. The summed E-state index contributed by atoms with van der Waals surface area (Å²) in [6.07, 6.45) is 5.26. The number of hydrogen-bond donors (Lipinski definition) is 0. The van der Waals surface area contributed by atoms with Gasteiger partial charge in [0.2, 0.25) is 0 Å². The monoisotopic (exact) mass is 413 g/mol. The first kappa shape index (κ1) is 19.3. The second-order valence-corrected chi connectivity index (χ2v) is 8.80. The molecule has 1 atom stereocenters. The predicted molar refractivity (Wildman–Crippen MR) is 110 cm³/mol. The molecule has 28 heavy (non-hydrogen) atoms. The Balaban J connectivity index is 1.62. The number of ketones is 1. The van der Waals surface area contributed by atoms with Crippen molar-refractivity contribution in [2.24, 2.45) is 11.3 Å². The third-order valence-corrected chi connectivity index (χ3v) is 7.11. The van der Waals surface area contributed by atoms with Crippen molar-refractivity contribution in [1.29, 1.82) is 5.26 Å². The maximum atomic E-state index is 13.2. The second-order valence-electron chi connectivity index (χ2n) is 8.04. The first-order valence-corrected chi connectivity index (χ1v) is 10.4. The van der Waals surface area contributed by atoms with Gasteiger partial charge in [-0.3, -0.25) is 4.79 Å². The van der Waals surface area contributed by atoms with Gasteiger partial charge in [0.05, 0.1) is 16.7 Å². The van der Waals surface area contributed by atoms with E-state index in [0.717, 1.165) is 24.0 Å². The number of carbonyl (C=O) groups is 1. The zero-order valence-electron chi connectivity index (χ0n) is 15.7. The number of ether oxygens (including phenoxy) is 1. The summed E-state index contributed by atoms with van der Waals surface area (Å²) >= 11 is 13.0. The van der Waals surface area contributed by atoms with E-state index in [1.807, 2.05) is 18.2 Å². The SMILES string of the molecule is CC1(C2CCCC2)Cc2cc(OCc3cccc(C#N)c3)c(Cl)c(Cl)c2C1=O. The van der Waals surface area contributed by atoms with Crippen LogP contribution in [0, 0.1) is 22.7 Å². The highest BCUT2D eigenvalue weighted by atomic mass is 35.5. The predicted octanol–water partition coefficient (Wildman–Crippen LogP) is 6.38. The van der Waals surface area contributed by atoms with E-state index in [1.165, 1.54) is 12.8 Å². The molecule has 0 N–H and O–H groups in total. The number of fused-ring (bicyclic) bond motifs is 1. The van der Waals surface area contributed by atoms with Gasteiger partial charge in [0.1, 0.15) is 17.4 Å². The van der Waals surface area contributed by atoms with Crippen molar-refractivity contribution in [1.82, 2.24) is 0 Å². The Hall–Kier alpha value is -2.02. The summed E-state index contributed by atoms with van der Waals surface area (Å²) in [5, 5.41) is 9.61. The molecule has 3 nitrogen and oxygen atoms in total. The molecule has 2 aromatic carbocycles. The Kier molecular flexibility index (Phi) is 5.12. The minimum absolute atomic E-state index is 0.120. The van der Waals surface area contributed by atoms with E-state index < -0.39 is 5.41 Å².